The van der Waals surface area contributed by atoms with E-state index in [1.165, 1.54) is 23.6 Å². The zero-order valence-corrected chi connectivity index (χ0v) is 10.4. The van der Waals surface area contributed by atoms with Gasteiger partial charge in [-0.15, -0.1) is 5.10 Å². The van der Waals surface area contributed by atoms with E-state index in [2.05, 4.69) is 15.6 Å². The van der Waals surface area contributed by atoms with Crippen LogP contribution in [0.5, 0.6) is 0 Å². The largest absolute Gasteiger partial charge is 0.308 e. The monoisotopic (exact) mass is 266 g/mol. The van der Waals surface area contributed by atoms with Crippen molar-refractivity contribution in [1.82, 2.24) is 20.3 Å². The number of nitrogens with one attached hydrogen (secondary N) is 1. The van der Waals surface area contributed by atoms with Crippen molar-refractivity contribution in [3.05, 3.63) is 40.9 Å². The molecule has 18 heavy (non-hydrogen) atoms. The smallest absolute Gasteiger partial charge is 0.150 e. The standard InChI is InChI=1S/C12H12ClFN4/c13-8-1-4-12(11(14)5-8)18-10(7-16-17-18)6-15-9-2-3-9/h1,4-5,7,9,15H,2-3,6H2. The molecule has 1 heterocycles. The first-order valence-corrected chi connectivity index (χ1v) is 6.20. The van der Waals surface area contributed by atoms with Crippen LogP contribution >= 0.6 is 11.6 Å². The highest BCUT2D eigenvalue weighted by molar-refractivity contribution is 6.30. The lowest BCUT2D eigenvalue weighted by atomic mass is 10.3. The van der Waals surface area contributed by atoms with Gasteiger partial charge in [0.15, 0.2) is 0 Å². The summed E-state index contributed by atoms with van der Waals surface area (Å²) in [5.41, 5.74) is 1.20. The quantitative estimate of drug-likeness (QED) is 0.923. The Bertz CT molecular complexity index is 565. The third-order valence-electron chi connectivity index (χ3n) is 2.91. The molecule has 0 atom stereocenters. The van der Waals surface area contributed by atoms with Gasteiger partial charge in [-0.05, 0) is 31.0 Å². The second-order valence-electron chi connectivity index (χ2n) is 4.39. The van der Waals surface area contributed by atoms with Crippen molar-refractivity contribution in [2.24, 2.45) is 0 Å². The fraction of sp³-hybridized carbons (Fsp3) is 0.333. The summed E-state index contributed by atoms with van der Waals surface area (Å²) >= 11 is 5.73. The zero-order valence-electron chi connectivity index (χ0n) is 9.61. The lowest BCUT2D eigenvalue weighted by Gasteiger charge is -2.08. The lowest BCUT2D eigenvalue weighted by Crippen LogP contribution is -2.18. The van der Waals surface area contributed by atoms with E-state index in [0.29, 0.717) is 23.3 Å². The van der Waals surface area contributed by atoms with E-state index in [0.717, 1.165) is 5.69 Å². The fourth-order valence-corrected chi connectivity index (χ4v) is 1.93. The van der Waals surface area contributed by atoms with Crippen LogP contribution < -0.4 is 5.32 Å². The van der Waals surface area contributed by atoms with Crippen LogP contribution in [0.1, 0.15) is 18.5 Å². The predicted molar refractivity (Wildman–Crippen MR) is 66.2 cm³/mol. The van der Waals surface area contributed by atoms with Crippen molar-refractivity contribution in [3.8, 4) is 5.69 Å². The Morgan fingerprint density at radius 3 is 3.00 bits per heavy atom. The first-order valence-electron chi connectivity index (χ1n) is 5.82. The Labute approximate surface area is 109 Å². The maximum atomic E-state index is 13.8. The minimum Gasteiger partial charge on any atom is -0.308 e. The molecule has 0 radical (unpaired) electrons. The van der Waals surface area contributed by atoms with E-state index in [-0.39, 0.29) is 0 Å². The Hall–Kier alpha value is -1.46. The number of benzene rings is 1. The predicted octanol–water partition coefficient (Wildman–Crippen LogP) is 2.31. The summed E-state index contributed by atoms with van der Waals surface area (Å²) in [6, 6.07) is 5.10. The second-order valence-corrected chi connectivity index (χ2v) is 4.82. The minimum atomic E-state index is -0.402. The molecule has 1 aliphatic rings. The van der Waals surface area contributed by atoms with Crippen LogP contribution in [0.3, 0.4) is 0 Å². The van der Waals surface area contributed by atoms with Crippen LogP contribution in [0.4, 0.5) is 4.39 Å². The van der Waals surface area contributed by atoms with Crippen molar-refractivity contribution < 1.29 is 4.39 Å². The molecule has 1 aliphatic carbocycles. The summed E-state index contributed by atoms with van der Waals surface area (Å²) < 4.78 is 15.3. The first-order chi connectivity index (χ1) is 8.74. The third-order valence-corrected chi connectivity index (χ3v) is 3.14. The lowest BCUT2D eigenvalue weighted by molar-refractivity contribution is 0.592. The van der Waals surface area contributed by atoms with Crippen molar-refractivity contribution in [1.29, 1.82) is 0 Å². The Morgan fingerprint density at radius 2 is 2.28 bits per heavy atom. The van der Waals surface area contributed by atoms with E-state index < -0.39 is 5.82 Å². The molecule has 1 saturated carbocycles. The van der Waals surface area contributed by atoms with Gasteiger partial charge in [0, 0.05) is 17.6 Å². The molecule has 0 unspecified atom stereocenters. The second kappa shape index (κ2) is 4.66. The van der Waals surface area contributed by atoms with Crippen molar-refractivity contribution in [3.63, 3.8) is 0 Å². The van der Waals surface area contributed by atoms with Gasteiger partial charge >= 0.3 is 0 Å². The summed E-state index contributed by atoms with van der Waals surface area (Å²) in [5.74, 6) is -0.402. The van der Waals surface area contributed by atoms with Gasteiger partial charge in [0.25, 0.3) is 0 Å². The molecule has 0 bridgehead atoms. The van der Waals surface area contributed by atoms with Gasteiger partial charge in [-0.25, -0.2) is 9.07 Å². The average molecular weight is 267 g/mol. The summed E-state index contributed by atoms with van der Waals surface area (Å²) in [7, 11) is 0. The van der Waals surface area contributed by atoms with Crippen molar-refractivity contribution >= 4 is 11.6 Å². The molecule has 4 nitrogen and oxygen atoms in total. The van der Waals surface area contributed by atoms with Gasteiger partial charge < -0.3 is 5.32 Å². The van der Waals surface area contributed by atoms with Gasteiger partial charge in [-0.3, -0.25) is 0 Å². The Balaban J connectivity index is 1.88. The normalized spacial score (nSPS) is 15.0. The van der Waals surface area contributed by atoms with Gasteiger partial charge in [0.2, 0.25) is 0 Å². The molecule has 1 aromatic heterocycles. The average Bonchev–Trinajstić information content (AvgIpc) is 3.06. The van der Waals surface area contributed by atoms with Crippen LogP contribution in [0.2, 0.25) is 5.02 Å². The summed E-state index contributed by atoms with van der Waals surface area (Å²) in [6.07, 6.45) is 4.05. The first kappa shape index (κ1) is 11.6. The molecule has 0 spiro atoms. The summed E-state index contributed by atoms with van der Waals surface area (Å²) in [4.78, 5) is 0. The molecular formula is C12H12ClFN4. The SMILES string of the molecule is Fc1cc(Cl)ccc1-n1nncc1CNC1CC1. The van der Waals surface area contributed by atoms with Crippen LogP contribution in [0.15, 0.2) is 24.4 Å². The van der Waals surface area contributed by atoms with Gasteiger partial charge in [-0.2, -0.15) is 0 Å². The molecule has 2 aromatic rings. The highest BCUT2D eigenvalue weighted by Gasteiger charge is 2.21. The Morgan fingerprint density at radius 1 is 1.44 bits per heavy atom. The number of rotatable bonds is 4. The van der Waals surface area contributed by atoms with E-state index in [1.807, 2.05) is 0 Å². The van der Waals surface area contributed by atoms with E-state index in [1.54, 1.807) is 18.3 Å². The third kappa shape index (κ3) is 2.37. The molecule has 6 heteroatoms. The summed E-state index contributed by atoms with van der Waals surface area (Å²) in [6.45, 7) is 0.639. The molecule has 1 fully saturated rings. The Kier molecular flexibility index (Phi) is 3.01. The summed E-state index contributed by atoms with van der Waals surface area (Å²) in [5, 5.41) is 11.5. The highest BCUT2D eigenvalue weighted by Crippen LogP contribution is 2.21. The van der Waals surface area contributed by atoms with E-state index >= 15 is 0 Å². The highest BCUT2D eigenvalue weighted by atomic mass is 35.5. The molecule has 94 valence electrons. The molecular weight excluding hydrogens is 255 g/mol. The topological polar surface area (TPSA) is 42.7 Å². The van der Waals surface area contributed by atoms with Gasteiger partial charge in [0.1, 0.15) is 11.5 Å². The number of halogens is 2. The molecule has 3 rings (SSSR count). The number of hydrogen-bond donors (Lipinski definition) is 1. The number of aromatic nitrogens is 3. The van der Waals surface area contributed by atoms with Crippen LogP contribution in [-0.4, -0.2) is 21.0 Å². The van der Waals surface area contributed by atoms with Gasteiger partial charge in [-0.1, -0.05) is 16.8 Å². The maximum Gasteiger partial charge on any atom is 0.150 e. The number of hydrogen-bond acceptors (Lipinski definition) is 3. The number of nitrogens with zero attached hydrogens (tertiary/aromatic N) is 3. The minimum absolute atomic E-state index is 0.365. The van der Waals surface area contributed by atoms with Gasteiger partial charge in [0.05, 0.1) is 11.9 Å². The van der Waals surface area contributed by atoms with Crippen molar-refractivity contribution in [2.75, 3.05) is 0 Å². The molecule has 0 amide bonds. The fourth-order valence-electron chi connectivity index (χ4n) is 1.77. The van der Waals surface area contributed by atoms with Crippen molar-refractivity contribution in [2.45, 2.75) is 25.4 Å². The van der Waals surface area contributed by atoms with Crippen LogP contribution in [0, 0.1) is 5.82 Å². The van der Waals surface area contributed by atoms with Crippen LogP contribution in [0.25, 0.3) is 5.69 Å². The molecule has 1 N–H and O–H groups in total. The van der Waals surface area contributed by atoms with Crippen LogP contribution in [-0.2, 0) is 6.54 Å². The molecule has 0 saturated heterocycles. The van der Waals surface area contributed by atoms with E-state index in [4.69, 9.17) is 11.6 Å². The van der Waals surface area contributed by atoms with E-state index in [9.17, 15) is 4.39 Å². The maximum absolute atomic E-state index is 13.8. The molecule has 0 aliphatic heterocycles. The zero-order chi connectivity index (χ0) is 12.5. The molecule has 1 aromatic carbocycles.